The van der Waals surface area contributed by atoms with Crippen LogP contribution in [0.2, 0.25) is 0 Å². The third kappa shape index (κ3) is 3.49. The SMILES string of the molecule is c1ccc2c(c1)Sc1ccccc1N2c1c2ccccc2c(N2c3ccccc3Sc3ccccc32)c2ccccc12. The molecule has 7 aromatic carbocycles. The van der Waals surface area contributed by atoms with Gasteiger partial charge in [0.2, 0.25) is 0 Å². The van der Waals surface area contributed by atoms with E-state index in [4.69, 9.17) is 0 Å². The number of benzene rings is 7. The second-order valence-electron chi connectivity index (χ2n) is 10.5. The van der Waals surface area contributed by atoms with Gasteiger partial charge < -0.3 is 9.80 Å². The quantitative estimate of drug-likeness (QED) is 0.190. The maximum atomic E-state index is 2.49. The Morgan fingerprint density at radius 3 is 0.810 bits per heavy atom. The van der Waals surface area contributed by atoms with Crippen molar-refractivity contribution in [2.24, 2.45) is 0 Å². The third-order valence-corrected chi connectivity index (χ3v) is 10.4. The van der Waals surface area contributed by atoms with E-state index < -0.39 is 0 Å². The van der Waals surface area contributed by atoms with Crippen LogP contribution in [0.4, 0.5) is 34.1 Å². The van der Waals surface area contributed by atoms with E-state index in [1.807, 2.05) is 23.5 Å². The number of para-hydroxylation sites is 4. The van der Waals surface area contributed by atoms with Gasteiger partial charge in [-0.15, -0.1) is 0 Å². The van der Waals surface area contributed by atoms with Crippen molar-refractivity contribution < 1.29 is 0 Å². The predicted molar refractivity (Wildman–Crippen MR) is 179 cm³/mol. The topological polar surface area (TPSA) is 6.48 Å². The molecule has 42 heavy (non-hydrogen) atoms. The zero-order chi connectivity index (χ0) is 27.6. The summed E-state index contributed by atoms with van der Waals surface area (Å²) in [5.74, 6) is 0. The zero-order valence-electron chi connectivity index (χ0n) is 22.6. The van der Waals surface area contributed by atoms with Gasteiger partial charge in [0.05, 0.1) is 34.1 Å². The van der Waals surface area contributed by atoms with Gasteiger partial charge in [0, 0.05) is 41.1 Å². The van der Waals surface area contributed by atoms with Crippen molar-refractivity contribution in [3.63, 3.8) is 0 Å². The minimum atomic E-state index is 1.22. The molecule has 0 aliphatic carbocycles. The Morgan fingerprint density at radius 2 is 0.524 bits per heavy atom. The van der Waals surface area contributed by atoms with E-state index in [2.05, 4.69) is 155 Å². The Hall–Kier alpha value is -4.64. The highest BCUT2D eigenvalue weighted by Gasteiger charge is 2.31. The normalized spacial score (nSPS) is 13.4. The van der Waals surface area contributed by atoms with Crippen LogP contribution in [0, 0.1) is 0 Å². The predicted octanol–water partition coefficient (Wildman–Crippen LogP) is 11.9. The molecule has 198 valence electrons. The number of anilines is 6. The van der Waals surface area contributed by atoms with Gasteiger partial charge in [-0.25, -0.2) is 0 Å². The molecule has 0 atom stereocenters. The number of fused-ring (bicyclic) bond motifs is 6. The fraction of sp³-hybridized carbons (Fsp3) is 0. The number of rotatable bonds is 2. The van der Waals surface area contributed by atoms with E-state index in [1.165, 1.54) is 75.3 Å². The first kappa shape index (κ1) is 24.0. The van der Waals surface area contributed by atoms with Crippen molar-refractivity contribution in [3.8, 4) is 0 Å². The highest BCUT2D eigenvalue weighted by atomic mass is 32.2. The van der Waals surface area contributed by atoms with Crippen molar-refractivity contribution in [1.29, 1.82) is 0 Å². The van der Waals surface area contributed by atoms with Crippen molar-refractivity contribution >= 4 is 79.2 Å². The molecule has 0 amide bonds. The molecule has 7 aromatic rings. The van der Waals surface area contributed by atoms with E-state index in [9.17, 15) is 0 Å². The van der Waals surface area contributed by atoms with E-state index in [1.54, 1.807) is 0 Å². The molecule has 0 saturated carbocycles. The Bertz CT molecular complexity index is 1880. The molecule has 2 nitrogen and oxygen atoms in total. The summed E-state index contributed by atoms with van der Waals surface area (Å²) in [7, 11) is 0. The summed E-state index contributed by atoms with van der Waals surface area (Å²) in [5.41, 5.74) is 7.31. The molecule has 0 bridgehead atoms. The van der Waals surface area contributed by atoms with E-state index in [-0.39, 0.29) is 0 Å². The minimum absolute atomic E-state index is 1.22. The van der Waals surface area contributed by atoms with Gasteiger partial charge in [0.25, 0.3) is 0 Å². The zero-order valence-corrected chi connectivity index (χ0v) is 24.2. The molecule has 4 heteroatoms. The average molecular weight is 573 g/mol. The lowest BCUT2D eigenvalue weighted by molar-refractivity contribution is 1.17. The minimum Gasteiger partial charge on any atom is -0.307 e. The van der Waals surface area contributed by atoms with E-state index >= 15 is 0 Å². The van der Waals surface area contributed by atoms with E-state index in [0.717, 1.165) is 0 Å². The summed E-state index contributed by atoms with van der Waals surface area (Å²) in [6, 6.07) is 53.0. The van der Waals surface area contributed by atoms with Crippen LogP contribution in [0.15, 0.2) is 165 Å². The molecule has 0 unspecified atom stereocenters. The van der Waals surface area contributed by atoms with Gasteiger partial charge in [0.15, 0.2) is 0 Å². The molecule has 2 heterocycles. The molecule has 0 radical (unpaired) electrons. The number of nitrogens with zero attached hydrogens (tertiary/aromatic N) is 2. The van der Waals surface area contributed by atoms with Crippen LogP contribution in [0.1, 0.15) is 0 Å². The summed E-state index contributed by atoms with van der Waals surface area (Å²) < 4.78 is 0. The van der Waals surface area contributed by atoms with Crippen molar-refractivity contribution in [1.82, 2.24) is 0 Å². The van der Waals surface area contributed by atoms with Crippen LogP contribution < -0.4 is 9.80 Å². The van der Waals surface area contributed by atoms with Gasteiger partial charge in [-0.2, -0.15) is 0 Å². The number of hydrogen-bond donors (Lipinski definition) is 0. The highest BCUT2D eigenvalue weighted by Crippen LogP contribution is 2.58. The Labute approximate surface area is 253 Å². The van der Waals surface area contributed by atoms with Crippen molar-refractivity contribution in [3.05, 3.63) is 146 Å². The molecule has 2 aliphatic heterocycles. The molecule has 0 saturated heterocycles. The molecule has 0 aromatic heterocycles. The van der Waals surface area contributed by atoms with Crippen LogP contribution in [-0.2, 0) is 0 Å². The summed E-state index contributed by atoms with van der Waals surface area (Å²) in [6.07, 6.45) is 0. The van der Waals surface area contributed by atoms with Crippen LogP contribution in [0.25, 0.3) is 21.5 Å². The van der Waals surface area contributed by atoms with Gasteiger partial charge in [-0.1, -0.05) is 121 Å². The smallest absolute Gasteiger partial charge is 0.0620 e. The maximum absolute atomic E-state index is 2.49. The molecular formula is C38H24N2S2. The summed E-state index contributed by atoms with van der Waals surface area (Å²) in [4.78, 5) is 10.1. The second-order valence-corrected chi connectivity index (χ2v) is 12.7. The van der Waals surface area contributed by atoms with Gasteiger partial charge in [-0.05, 0) is 48.5 Å². The fourth-order valence-electron chi connectivity index (χ4n) is 6.46. The highest BCUT2D eigenvalue weighted by molar-refractivity contribution is 8.00. The fourth-order valence-corrected chi connectivity index (χ4v) is 8.57. The van der Waals surface area contributed by atoms with Crippen LogP contribution in [0.3, 0.4) is 0 Å². The van der Waals surface area contributed by atoms with Crippen LogP contribution in [0.5, 0.6) is 0 Å². The first-order valence-electron chi connectivity index (χ1n) is 14.1. The molecule has 0 spiro atoms. The maximum Gasteiger partial charge on any atom is 0.0620 e. The van der Waals surface area contributed by atoms with Crippen LogP contribution in [-0.4, -0.2) is 0 Å². The summed E-state index contributed by atoms with van der Waals surface area (Å²) in [5, 5.41) is 4.93. The molecule has 2 aliphatic rings. The summed E-state index contributed by atoms with van der Waals surface area (Å²) in [6.45, 7) is 0. The largest absolute Gasteiger partial charge is 0.307 e. The summed E-state index contributed by atoms with van der Waals surface area (Å²) >= 11 is 3.70. The monoisotopic (exact) mass is 572 g/mol. The van der Waals surface area contributed by atoms with E-state index in [0.29, 0.717) is 0 Å². The van der Waals surface area contributed by atoms with Gasteiger partial charge in [0.1, 0.15) is 0 Å². The lowest BCUT2D eigenvalue weighted by atomic mass is 9.95. The first-order chi connectivity index (χ1) is 20.9. The molecular weight excluding hydrogens is 549 g/mol. The third-order valence-electron chi connectivity index (χ3n) is 8.19. The van der Waals surface area contributed by atoms with Crippen LogP contribution >= 0.6 is 23.5 Å². The average Bonchev–Trinajstić information content (AvgIpc) is 3.05. The lowest BCUT2D eigenvalue weighted by Crippen LogP contribution is -2.18. The van der Waals surface area contributed by atoms with Crippen molar-refractivity contribution in [2.75, 3.05) is 9.80 Å². The molecule has 9 rings (SSSR count). The second kappa shape index (κ2) is 9.45. The van der Waals surface area contributed by atoms with Crippen molar-refractivity contribution in [2.45, 2.75) is 19.6 Å². The molecule has 0 fully saturated rings. The Morgan fingerprint density at radius 1 is 0.286 bits per heavy atom. The standard InChI is InChI=1S/C38H24N2S2/c1-2-14-26-25(13-1)37(39-29-17-5-9-21-33(29)41-34-22-10-6-18-30(34)39)27-15-3-4-16-28(27)38(26)40-31-19-7-11-23-35(31)42-36-24-12-8-20-32(36)40/h1-24H. The van der Waals surface area contributed by atoms with Gasteiger partial charge >= 0.3 is 0 Å². The lowest BCUT2D eigenvalue weighted by Gasteiger charge is -2.37. The first-order valence-corrected chi connectivity index (χ1v) is 15.8. The number of hydrogen-bond acceptors (Lipinski definition) is 4. The van der Waals surface area contributed by atoms with Gasteiger partial charge in [-0.3, -0.25) is 0 Å². The Kier molecular flexibility index (Phi) is 5.40. The Balaban J connectivity index is 1.43. The molecule has 0 N–H and O–H groups in total.